The van der Waals surface area contributed by atoms with Gasteiger partial charge in [0.05, 0.1) is 23.3 Å². The van der Waals surface area contributed by atoms with Crippen molar-refractivity contribution in [2.24, 2.45) is 16.2 Å². The second-order valence-corrected chi connectivity index (χ2v) is 14.2. The number of aliphatic hydroxyl groups is 2. The van der Waals surface area contributed by atoms with Crippen LogP contribution in [-0.2, 0) is 9.59 Å². The average molecular weight is 493 g/mol. The van der Waals surface area contributed by atoms with E-state index in [9.17, 15) is 19.8 Å². The van der Waals surface area contributed by atoms with Crippen LogP contribution in [0.4, 0.5) is 0 Å². The molecule has 202 valence electrons. The number of carbonyl (C=O) groups excluding carboxylic acids is 2. The van der Waals surface area contributed by atoms with Crippen LogP contribution in [0.1, 0.15) is 131 Å². The zero-order valence-electron chi connectivity index (χ0n) is 23.3. The van der Waals surface area contributed by atoms with Gasteiger partial charge in [-0.2, -0.15) is 0 Å². The number of amides is 2. The minimum Gasteiger partial charge on any atom is -0.388 e. The lowest BCUT2D eigenvalue weighted by molar-refractivity contribution is -0.151. The summed E-state index contributed by atoms with van der Waals surface area (Å²) in [7, 11) is 0. The van der Waals surface area contributed by atoms with Crippen LogP contribution >= 0.6 is 0 Å². The van der Waals surface area contributed by atoms with Crippen molar-refractivity contribution in [2.45, 2.75) is 155 Å². The molecule has 6 nitrogen and oxygen atoms in total. The van der Waals surface area contributed by atoms with Gasteiger partial charge < -0.3 is 20.8 Å². The fraction of sp³-hybridized carbons (Fsp3) is 0.931. The van der Waals surface area contributed by atoms with Crippen molar-refractivity contribution in [1.82, 2.24) is 10.6 Å². The Morgan fingerprint density at radius 3 is 1.14 bits per heavy atom. The molecule has 35 heavy (non-hydrogen) atoms. The third-order valence-corrected chi connectivity index (χ3v) is 9.12. The Labute approximate surface area is 213 Å². The molecular formula is C29H52N2O4. The standard InChI is InChI=1S/C29H52N2O4/c1-25(2,3)21(28(34)17-9-7-10-18-28)30-23(32)27(15-13-14-16-27)24(33)31-22(26(4,5)6)29(35)19-11-8-12-20-29/h21-22,34-35H,7-20H2,1-6H3,(H,30,32)(H,31,33)/t21-,22-/m1/s1. The van der Waals surface area contributed by atoms with E-state index in [0.717, 1.165) is 51.4 Å². The van der Waals surface area contributed by atoms with Gasteiger partial charge in [0.15, 0.2) is 0 Å². The molecule has 0 spiro atoms. The highest BCUT2D eigenvalue weighted by molar-refractivity contribution is 6.05. The molecule has 3 aliphatic rings. The first-order valence-corrected chi connectivity index (χ1v) is 14.2. The molecule has 0 radical (unpaired) electrons. The van der Waals surface area contributed by atoms with E-state index in [4.69, 9.17) is 0 Å². The average Bonchev–Trinajstić information content (AvgIpc) is 3.26. The van der Waals surface area contributed by atoms with Crippen LogP contribution < -0.4 is 10.6 Å². The maximum Gasteiger partial charge on any atom is 0.236 e. The summed E-state index contributed by atoms with van der Waals surface area (Å²) in [6, 6.07) is -0.844. The Balaban J connectivity index is 1.87. The molecule has 0 aromatic rings. The molecule has 4 N–H and O–H groups in total. The number of hydrogen-bond donors (Lipinski definition) is 4. The van der Waals surface area contributed by atoms with Gasteiger partial charge in [-0.05, 0) is 49.4 Å². The van der Waals surface area contributed by atoms with E-state index < -0.39 is 28.7 Å². The first-order valence-electron chi connectivity index (χ1n) is 14.2. The highest BCUT2D eigenvalue weighted by Gasteiger charge is 2.54. The Morgan fingerprint density at radius 2 is 0.857 bits per heavy atom. The van der Waals surface area contributed by atoms with Crippen molar-refractivity contribution >= 4 is 11.8 Å². The summed E-state index contributed by atoms with van der Waals surface area (Å²) in [6.07, 6.45) is 11.4. The van der Waals surface area contributed by atoms with Crippen molar-refractivity contribution in [3.05, 3.63) is 0 Å². The molecule has 0 aliphatic heterocycles. The summed E-state index contributed by atoms with van der Waals surface area (Å²) in [5.41, 5.74) is -3.74. The van der Waals surface area contributed by atoms with Crippen molar-refractivity contribution in [1.29, 1.82) is 0 Å². The highest BCUT2D eigenvalue weighted by Crippen LogP contribution is 2.44. The van der Waals surface area contributed by atoms with Crippen molar-refractivity contribution in [3.63, 3.8) is 0 Å². The summed E-state index contributed by atoms with van der Waals surface area (Å²) in [5, 5.41) is 29.6. The monoisotopic (exact) mass is 492 g/mol. The van der Waals surface area contributed by atoms with E-state index in [2.05, 4.69) is 52.2 Å². The van der Waals surface area contributed by atoms with E-state index >= 15 is 0 Å². The van der Waals surface area contributed by atoms with Crippen molar-refractivity contribution < 1.29 is 19.8 Å². The number of rotatable bonds is 6. The zero-order chi connectivity index (χ0) is 26.1. The molecule has 3 saturated carbocycles. The molecule has 3 aliphatic carbocycles. The predicted octanol–water partition coefficient (Wildman–Crippen LogP) is 5.00. The summed E-state index contributed by atoms with van der Waals surface area (Å²) in [4.78, 5) is 28.0. The molecule has 0 aromatic carbocycles. The van der Waals surface area contributed by atoms with E-state index in [-0.39, 0.29) is 22.6 Å². The quantitative estimate of drug-likeness (QED) is 0.392. The van der Waals surface area contributed by atoms with Crippen LogP contribution in [0.15, 0.2) is 0 Å². The Kier molecular flexibility index (Phi) is 8.38. The summed E-state index contributed by atoms with van der Waals surface area (Å²) >= 11 is 0. The van der Waals surface area contributed by atoms with Gasteiger partial charge in [0.25, 0.3) is 0 Å². The first kappa shape index (κ1) is 28.4. The molecule has 0 heterocycles. The normalized spacial score (nSPS) is 25.9. The third kappa shape index (κ3) is 6.06. The molecule has 3 fully saturated rings. The van der Waals surface area contributed by atoms with Gasteiger partial charge in [-0.25, -0.2) is 0 Å². The Morgan fingerprint density at radius 1 is 0.571 bits per heavy atom. The van der Waals surface area contributed by atoms with E-state index in [0.29, 0.717) is 38.5 Å². The molecular weight excluding hydrogens is 440 g/mol. The van der Waals surface area contributed by atoms with Crippen LogP contribution in [0.5, 0.6) is 0 Å². The van der Waals surface area contributed by atoms with Crippen LogP contribution in [-0.4, -0.2) is 45.3 Å². The van der Waals surface area contributed by atoms with E-state index in [1.54, 1.807) is 0 Å². The summed E-state index contributed by atoms with van der Waals surface area (Å²) in [5.74, 6) is -0.510. The third-order valence-electron chi connectivity index (χ3n) is 9.12. The largest absolute Gasteiger partial charge is 0.388 e. The van der Waals surface area contributed by atoms with Gasteiger partial charge in [0.2, 0.25) is 11.8 Å². The predicted molar refractivity (Wildman–Crippen MR) is 140 cm³/mol. The molecule has 2 amide bonds. The SMILES string of the molecule is CC(C)(C)[C@@H](NC(=O)C1(C(=O)N[C@H](C(C)(C)C)C2(O)CCCCC2)CCCC1)C1(O)CCCCC1. The van der Waals surface area contributed by atoms with Crippen LogP contribution in [0, 0.1) is 16.2 Å². The molecule has 0 saturated heterocycles. The highest BCUT2D eigenvalue weighted by atomic mass is 16.3. The second-order valence-electron chi connectivity index (χ2n) is 14.2. The Bertz CT molecular complexity index is 688. The fourth-order valence-corrected chi connectivity index (χ4v) is 7.29. The number of nitrogens with one attached hydrogen (secondary N) is 2. The fourth-order valence-electron chi connectivity index (χ4n) is 7.29. The molecule has 6 heteroatoms. The number of hydrogen-bond acceptors (Lipinski definition) is 4. The van der Waals surface area contributed by atoms with E-state index in [1.165, 1.54) is 0 Å². The lowest BCUT2D eigenvalue weighted by Gasteiger charge is -2.48. The van der Waals surface area contributed by atoms with Gasteiger partial charge in [0, 0.05) is 0 Å². The van der Waals surface area contributed by atoms with E-state index in [1.807, 2.05) is 0 Å². The summed E-state index contributed by atoms with van der Waals surface area (Å²) in [6.45, 7) is 12.3. The molecule has 0 bridgehead atoms. The van der Waals surface area contributed by atoms with Gasteiger partial charge in [-0.1, -0.05) is 92.9 Å². The smallest absolute Gasteiger partial charge is 0.236 e. The molecule has 0 aromatic heterocycles. The van der Waals surface area contributed by atoms with Crippen LogP contribution in [0.3, 0.4) is 0 Å². The van der Waals surface area contributed by atoms with Crippen LogP contribution in [0.2, 0.25) is 0 Å². The van der Waals surface area contributed by atoms with Crippen molar-refractivity contribution in [3.8, 4) is 0 Å². The number of carbonyl (C=O) groups is 2. The minimum absolute atomic E-state index is 0.255. The van der Waals surface area contributed by atoms with Gasteiger partial charge in [-0.15, -0.1) is 0 Å². The lowest BCUT2D eigenvalue weighted by Crippen LogP contribution is -2.65. The maximum absolute atomic E-state index is 14.0. The lowest BCUT2D eigenvalue weighted by atomic mass is 9.68. The van der Waals surface area contributed by atoms with Crippen LogP contribution in [0.25, 0.3) is 0 Å². The topological polar surface area (TPSA) is 98.7 Å². The maximum atomic E-state index is 14.0. The second kappa shape index (κ2) is 10.3. The van der Waals surface area contributed by atoms with Gasteiger partial charge >= 0.3 is 0 Å². The zero-order valence-corrected chi connectivity index (χ0v) is 23.3. The Hall–Kier alpha value is -1.14. The van der Waals surface area contributed by atoms with Crippen molar-refractivity contribution in [2.75, 3.05) is 0 Å². The minimum atomic E-state index is -1.15. The molecule has 3 rings (SSSR count). The van der Waals surface area contributed by atoms with Gasteiger partial charge in [0.1, 0.15) is 5.41 Å². The summed E-state index contributed by atoms with van der Waals surface area (Å²) < 4.78 is 0. The molecule has 0 unspecified atom stereocenters. The first-order chi connectivity index (χ1) is 16.1. The molecule has 2 atom stereocenters. The van der Waals surface area contributed by atoms with Gasteiger partial charge in [-0.3, -0.25) is 9.59 Å².